The Morgan fingerprint density at radius 3 is 2.75 bits per heavy atom. The number of rotatable bonds is 3. The summed E-state index contributed by atoms with van der Waals surface area (Å²) < 4.78 is 1.58. The summed E-state index contributed by atoms with van der Waals surface area (Å²) in [5, 5.41) is 9.52. The van der Waals surface area contributed by atoms with E-state index in [1.54, 1.807) is 28.8 Å². The SMILES string of the molecule is CC(C)n1ccnc(N2CCCCC2(C)C(=O)O)c1=O. The van der Waals surface area contributed by atoms with Gasteiger partial charge in [-0.25, -0.2) is 9.78 Å². The Morgan fingerprint density at radius 1 is 1.45 bits per heavy atom. The van der Waals surface area contributed by atoms with Crippen LogP contribution in [0.4, 0.5) is 5.82 Å². The lowest BCUT2D eigenvalue weighted by atomic mass is 9.88. The molecular weight excluding hydrogens is 258 g/mol. The second-order valence-corrected chi connectivity index (χ2v) is 5.74. The Morgan fingerprint density at radius 2 is 2.15 bits per heavy atom. The maximum atomic E-state index is 12.5. The van der Waals surface area contributed by atoms with Crippen molar-refractivity contribution in [2.75, 3.05) is 11.4 Å². The van der Waals surface area contributed by atoms with E-state index in [1.165, 1.54) is 0 Å². The molecular formula is C14H21N3O3. The molecule has 110 valence electrons. The van der Waals surface area contributed by atoms with E-state index in [0.717, 1.165) is 12.8 Å². The molecule has 1 aromatic heterocycles. The van der Waals surface area contributed by atoms with Crippen LogP contribution in [0.5, 0.6) is 0 Å². The molecule has 1 atom stereocenters. The molecule has 2 rings (SSSR count). The third-order valence-corrected chi connectivity index (χ3v) is 4.01. The van der Waals surface area contributed by atoms with Crippen LogP contribution >= 0.6 is 0 Å². The number of carbonyl (C=O) groups is 1. The second kappa shape index (κ2) is 5.26. The molecule has 1 saturated heterocycles. The Balaban J connectivity index is 2.52. The fraction of sp³-hybridized carbons (Fsp3) is 0.643. The van der Waals surface area contributed by atoms with Crippen LogP contribution in [-0.2, 0) is 4.79 Å². The summed E-state index contributed by atoms with van der Waals surface area (Å²) in [6, 6.07) is 0.0186. The monoisotopic (exact) mass is 279 g/mol. The highest BCUT2D eigenvalue weighted by Crippen LogP contribution is 2.30. The van der Waals surface area contributed by atoms with Gasteiger partial charge in [-0.3, -0.25) is 4.79 Å². The minimum Gasteiger partial charge on any atom is -0.480 e. The first kappa shape index (κ1) is 14.6. The molecule has 0 aromatic carbocycles. The molecule has 0 spiro atoms. The smallest absolute Gasteiger partial charge is 0.329 e. The zero-order chi connectivity index (χ0) is 14.9. The third-order valence-electron chi connectivity index (χ3n) is 4.01. The quantitative estimate of drug-likeness (QED) is 0.910. The Labute approximate surface area is 118 Å². The predicted octanol–water partition coefficient (Wildman–Crippen LogP) is 1.66. The Hall–Kier alpha value is -1.85. The normalized spacial score (nSPS) is 23.1. The van der Waals surface area contributed by atoms with Crippen molar-refractivity contribution in [3.05, 3.63) is 22.7 Å². The van der Waals surface area contributed by atoms with E-state index in [4.69, 9.17) is 0 Å². The van der Waals surface area contributed by atoms with E-state index in [-0.39, 0.29) is 17.4 Å². The van der Waals surface area contributed by atoms with Gasteiger partial charge in [0.1, 0.15) is 5.54 Å². The van der Waals surface area contributed by atoms with Crippen LogP contribution in [0.15, 0.2) is 17.2 Å². The number of piperidine rings is 1. The van der Waals surface area contributed by atoms with Gasteiger partial charge in [-0.2, -0.15) is 0 Å². The fourth-order valence-electron chi connectivity index (χ4n) is 2.69. The minimum atomic E-state index is -1.05. The molecule has 1 aliphatic rings. The first-order chi connectivity index (χ1) is 9.38. The molecule has 6 heteroatoms. The molecule has 0 aliphatic carbocycles. The van der Waals surface area contributed by atoms with Gasteiger partial charge in [0, 0.05) is 25.0 Å². The van der Waals surface area contributed by atoms with Gasteiger partial charge in [-0.05, 0) is 40.0 Å². The van der Waals surface area contributed by atoms with Crippen LogP contribution in [-0.4, -0.2) is 32.7 Å². The van der Waals surface area contributed by atoms with Crippen molar-refractivity contribution >= 4 is 11.8 Å². The summed E-state index contributed by atoms with van der Waals surface area (Å²) in [6.07, 6.45) is 5.46. The summed E-state index contributed by atoms with van der Waals surface area (Å²) in [4.78, 5) is 29.9. The van der Waals surface area contributed by atoms with E-state index in [1.807, 2.05) is 13.8 Å². The van der Waals surface area contributed by atoms with Gasteiger partial charge in [-0.1, -0.05) is 0 Å². The van der Waals surface area contributed by atoms with Gasteiger partial charge in [0.05, 0.1) is 0 Å². The van der Waals surface area contributed by atoms with Gasteiger partial charge in [0.15, 0.2) is 5.82 Å². The van der Waals surface area contributed by atoms with Crippen LogP contribution in [0.25, 0.3) is 0 Å². The number of carboxylic acid groups (broad SMARTS) is 1. The molecule has 2 heterocycles. The number of hydrogen-bond donors (Lipinski definition) is 1. The van der Waals surface area contributed by atoms with Gasteiger partial charge in [0.25, 0.3) is 5.56 Å². The maximum absolute atomic E-state index is 12.5. The van der Waals surface area contributed by atoms with Gasteiger partial charge in [0.2, 0.25) is 0 Å². The van der Waals surface area contributed by atoms with Crippen LogP contribution in [0.1, 0.15) is 46.1 Å². The number of nitrogens with zero attached hydrogens (tertiary/aromatic N) is 3. The van der Waals surface area contributed by atoms with Crippen molar-refractivity contribution in [3.8, 4) is 0 Å². The van der Waals surface area contributed by atoms with Crippen molar-refractivity contribution in [1.82, 2.24) is 9.55 Å². The summed E-state index contributed by atoms with van der Waals surface area (Å²) in [5.41, 5.74) is -1.28. The molecule has 1 unspecified atom stereocenters. The Kier molecular flexibility index (Phi) is 3.83. The number of aromatic nitrogens is 2. The lowest BCUT2D eigenvalue weighted by Crippen LogP contribution is -2.57. The van der Waals surface area contributed by atoms with E-state index in [9.17, 15) is 14.7 Å². The first-order valence-corrected chi connectivity index (χ1v) is 6.96. The van der Waals surface area contributed by atoms with Crippen molar-refractivity contribution in [1.29, 1.82) is 0 Å². The second-order valence-electron chi connectivity index (χ2n) is 5.74. The van der Waals surface area contributed by atoms with Crippen molar-refractivity contribution < 1.29 is 9.90 Å². The van der Waals surface area contributed by atoms with E-state index >= 15 is 0 Å². The van der Waals surface area contributed by atoms with E-state index in [0.29, 0.717) is 13.0 Å². The summed E-state index contributed by atoms with van der Waals surface area (Å²) in [5.74, 6) is -0.663. The average Bonchev–Trinajstić information content (AvgIpc) is 2.39. The van der Waals surface area contributed by atoms with Crippen LogP contribution in [0.2, 0.25) is 0 Å². The third kappa shape index (κ3) is 2.30. The van der Waals surface area contributed by atoms with E-state index < -0.39 is 11.5 Å². The molecule has 1 fully saturated rings. The van der Waals surface area contributed by atoms with Crippen LogP contribution in [0.3, 0.4) is 0 Å². The predicted molar refractivity (Wildman–Crippen MR) is 76.1 cm³/mol. The zero-order valence-electron chi connectivity index (χ0n) is 12.2. The molecule has 20 heavy (non-hydrogen) atoms. The Bertz CT molecular complexity index is 567. The molecule has 0 bridgehead atoms. The zero-order valence-corrected chi connectivity index (χ0v) is 12.2. The number of hydrogen-bond acceptors (Lipinski definition) is 4. The topological polar surface area (TPSA) is 75.4 Å². The standard InChI is InChI=1S/C14H21N3O3/c1-10(2)16-9-7-15-11(12(16)18)17-8-5-4-6-14(17,3)13(19)20/h7,9-10H,4-6,8H2,1-3H3,(H,19,20). The highest BCUT2D eigenvalue weighted by molar-refractivity contribution is 5.82. The van der Waals surface area contributed by atoms with E-state index in [2.05, 4.69) is 4.98 Å². The minimum absolute atomic E-state index is 0.0186. The highest BCUT2D eigenvalue weighted by Gasteiger charge is 2.43. The highest BCUT2D eigenvalue weighted by atomic mass is 16.4. The van der Waals surface area contributed by atoms with Gasteiger partial charge >= 0.3 is 5.97 Å². The summed E-state index contributed by atoms with van der Waals surface area (Å²) >= 11 is 0. The summed E-state index contributed by atoms with van der Waals surface area (Å²) in [7, 11) is 0. The number of carboxylic acids is 1. The van der Waals surface area contributed by atoms with Crippen LogP contribution in [0, 0.1) is 0 Å². The van der Waals surface area contributed by atoms with Crippen molar-refractivity contribution in [2.24, 2.45) is 0 Å². The number of aliphatic carboxylic acids is 1. The first-order valence-electron chi connectivity index (χ1n) is 6.96. The lowest BCUT2D eigenvalue weighted by molar-refractivity contribution is -0.143. The molecule has 6 nitrogen and oxygen atoms in total. The molecule has 1 aromatic rings. The van der Waals surface area contributed by atoms with Gasteiger partial charge in [-0.15, -0.1) is 0 Å². The fourth-order valence-corrected chi connectivity index (χ4v) is 2.69. The maximum Gasteiger partial charge on any atom is 0.329 e. The van der Waals surface area contributed by atoms with Crippen LogP contribution < -0.4 is 10.5 Å². The van der Waals surface area contributed by atoms with Crippen molar-refractivity contribution in [2.45, 2.75) is 51.6 Å². The molecule has 0 amide bonds. The average molecular weight is 279 g/mol. The molecule has 1 aliphatic heterocycles. The molecule has 0 radical (unpaired) electrons. The summed E-state index contributed by atoms with van der Waals surface area (Å²) in [6.45, 7) is 6.05. The largest absolute Gasteiger partial charge is 0.480 e. The van der Waals surface area contributed by atoms with Gasteiger partial charge < -0.3 is 14.6 Å². The van der Waals surface area contributed by atoms with Crippen molar-refractivity contribution in [3.63, 3.8) is 0 Å². The number of anilines is 1. The molecule has 1 N–H and O–H groups in total. The molecule has 0 saturated carbocycles. The lowest BCUT2D eigenvalue weighted by Gasteiger charge is -2.42.